The first-order chi connectivity index (χ1) is 8.08. The standard InChI is InChI=1S/C13H25N3O/c1-14-12-7-6-11(10-13(12)17-5)16(4)9-8-15(2)3/h10,14H,6-9H2,1-5H3. The maximum atomic E-state index is 5.40. The quantitative estimate of drug-likeness (QED) is 0.754. The highest BCUT2D eigenvalue weighted by Gasteiger charge is 2.15. The van der Waals surface area contributed by atoms with Gasteiger partial charge in [0.15, 0.2) is 0 Å². The van der Waals surface area contributed by atoms with Gasteiger partial charge in [-0.05, 0) is 26.9 Å². The lowest BCUT2D eigenvalue weighted by Gasteiger charge is -2.28. The van der Waals surface area contributed by atoms with Crippen molar-refractivity contribution in [3.63, 3.8) is 0 Å². The molecule has 0 spiro atoms. The molecule has 0 saturated heterocycles. The molecule has 0 aromatic heterocycles. The predicted octanol–water partition coefficient (Wildman–Crippen LogP) is 1.23. The largest absolute Gasteiger partial charge is 0.495 e. The number of ether oxygens (including phenoxy) is 1. The molecule has 0 radical (unpaired) electrons. The normalized spacial score (nSPS) is 16.0. The molecule has 0 aromatic carbocycles. The fourth-order valence-corrected chi connectivity index (χ4v) is 1.91. The highest BCUT2D eigenvalue weighted by Crippen LogP contribution is 2.24. The zero-order valence-corrected chi connectivity index (χ0v) is 11.7. The smallest absolute Gasteiger partial charge is 0.139 e. The van der Waals surface area contributed by atoms with Crippen molar-refractivity contribution in [2.75, 3.05) is 48.4 Å². The third-order valence-electron chi connectivity index (χ3n) is 3.12. The van der Waals surface area contributed by atoms with Crippen molar-refractivity contribution in [1.82, 2.24) is 15.1 Å². The summed E-state index contributed by atoms with van der Waals surface area (Å²) in [7, 11) is 10.0. The van der Waals surface area contributed by atoms with Crippen LogP contribution in [0.1, 0.15) is 12.8 Å². The van der Waals surface area contributed by atoms with Crippen LogP contribution in [-0.2, 0) is 4.74 Å². The number of hydrogen-bond donors (Lipinski definition) is 1. The van der Waals surface area contributed by atoms with Gasteiger partial charge in [0, 0.05) is 39.0 Å². The second-order valence-corrected chi connectivity index (χ2v) is 4.66. The van der Waals surface area contributed by atoms with Crippen LogP contribution in [0.3, 0.4) is 0 Å². The lowest BCUT2D eigenvalue weighted by molar-refractivity contribution is 0.282. The second kappa shape index (κ2) is 6.55. The van der Waals surface area contributed by atoms with E-state index >= 15 is 0 Å². The van der Waals surface area contributed by atoms with Crippen LogP contribution < -0.4 is 5.32 Å². The molecule has 0 saturated carbocycles. The van der Waals surface area contributed by atoms with E-state index in [4.69, 9.17) is 4.74 Å². The molecule has 4 heteroatoms. The molecular weight excluding hydrogens is 214 g/mol. The Morgan fingerprint density at radius 2 is 1.94 bits per heavy atom. The Hall–Kier alpha value is -1.16. The van der Waals surface area contributed by atoms with Gasteiger partial charge in [0.2, 0.25) is 0 Å². The summed E-state index contributed by atoms with van der Waals surface area (Å²) in [5.74, 6) is 0.963. The Balaban J connectivity index is 2.66. The van der Waals surface area contributed by atoms with E-state index in [-0.39, 0.29) is 0 Å². The van der Waals surface area contributed by atoms with Crippen LogP contribution in [0.4, 0.5) is 0 Å². The van der Waals surface area contributed by atoms with Crippen LogP contribution in [-0.4, -0.2) is 58.2 Å². The molecule has 0 amide bonds. The SMILES string of the molecule is CNC1=C(OC)C=C(N(C)CCN(C)C)CC1. The molecular formula is C13H25N3O. The molecule has 0 fully saturated rings. The minimum atomic E-state index is 0.963. The van der Waals surface area contributed by atoms with E-state index in [1.54, 1.807) is 7.11 Å². The first-order valence-electron chi connectivity index (χ1n) is 6.09. The van der Waals surface area contributed by atoms with Gasteiger partial charge in [-0.1, -0.05) is 0 Å². The molecule has 1 N–H and O–H groups in total. The number of methoxy groups -OCH3 is 1. The summed E-state index contributed by atoms with van der Waals surface area (Å²) >= 11 is 0. The van der Waals surface area contributed by atoms with Gasteiger partial charge in [0.05, 0.1) is 12.8 Å². The number of allylic oxidation sites excluding steroid dienone is 3. The zero-order chi connectivity index (χ0) is 12.8. The van der Waals surface area contributed by atoms with Crippen molar-refractivity contribution in [3.8, 4) is 0 Å². The van der Waals surface area contributed by atoms with Gasteiger partial charge in [-0.2, -0.15) is 0 Å². The Morgan fingerprint density at radius 1 is 1.24 bits per heavy atom. The number of likely N-dealkylation sites (N-methyl/N-ethyl adjacent to an activating group) is 2. The van der Waals surface area contributed by atoms with Crippen LogP contribution in [0.2, 0.25) is 0 Å². The maximum Gasteiger partial charge on any atom is 0.139 e. The van der Waals surface area contributed by atoms with E-state index in [0.29, 0.717) is 0 Å². The summed E-state index contributed by atoms with van der Waals surface area (Å²) in [5.41, 5.74) is 2.54. The highest BCUT2D eigenvalue weighted by atomic mass is 16.5. The fraction of sp³-hybridized carbons (Fsp3) is 0.692. The van der Waals surface area contributed by atoms with Crippen molar-refractivity contribution in [2.24, 2.45) is 0 Å². The van der Waals surface area contributed by atoms with Gasteiger partial charge in [-0.15, -0.1) is 0 Å². The number of rotatable bonds is 6. The van der Waals surface area contributed by atoms with Gasteiger partial charge >= 0.3 is 0 Å². The monoisotopic (exact) mass is 239 g/mol. The first kappa shape index (κ1) is 13.9. The number of nitrogens with zero attached hydrogens (tertiary/aromatic N) is 2. The lowest BCUT2D eigenvalue weighted by Crippen LogP contribution is -2.29. The predicted molar refractivity (Wildman–Crippen MR) is 71.6 cm³/mol. The van der Waals surface area contributed by atoms with E-state index in [2.05, 4.69) is 42.3 Å². The summed E-state index contributed by atoms with van der Waals surface area (Å²) in [6, 6.07) is 0. The average Bonchev–Trinajstić information content (AvgIpc) is 2.34. The lowest BCUT2D eigenvalue weighted by atomic mass is 10.1. The molecule has 0 heterocycles. The summed E-state index contributed by atoms with van der Waals surface area (Å²) in [6.45, 7) is 2.11. The van der Waals surface area contributed by atoms with E-state index in [9.17, 15) is 0 Å². The van der Waals surface area contributed by atoms with Gasteiger partial charge < -0.3 is 19.9 Å². The van der Waals surface area contributed by atoms with Crippen LogP contribution in [0.5, 0.6) is 0 Å². The van der Waals surface area contributed by atoms with Crippen LogP contribution in [0, 0.1) is 0 Å². The summed E-state index contributed by atoms with van der Waals surface area (Å²) in [6.07, 6.45) is 4.25. The van der Waals surface area contributed by atoms with Crippen LogP contribution in [0.25, 0.3) is 0 Å². The van der Waals surface area contributed by atoms with Crippen molar-refractivity contribution in [3.05, 3.63) is 23.2 Å². The molecule has 4 nitrogen and oxygen atoms in total. The third-order valence-corrected chi connectivity index (χ3v) is 3.12. The fourth-order valence-electron chi connectivity index (χ4n) is 1.91. The topological polar surface area (TPSA) is 27.7 Å². The molecule has 1 rings (SSSR count). The Kier molecular flexibility index (Phi) is 5.35. The van der Waals surface area contributed by atoms with Crippen molar-refractivity contribution in [1.29, 1.82) is 0 Å². The Bertz CT molecular complexity index is 308. The summed E-state index contributed by atoms with van der Waals surface area (Å²) in [5, 5.41) is 3.20. The zero-order valence-electron chi connectivity index (χ0n) is 11.7. The Labute approximate surface area is 105 Å². The van der Waals surface area contributed by atoms with E-state index in [1.807, 2.05) is 7.05 Å². The molecule has 0 aromatic rings. The summed E-state index contributed by atoms with van der Waals surface area (Å²) < 4.78 is 5.40. The molecule has 1 aliphatic rings. The van der Waals surface area contributed by atoms with E-state index in [0.717, 1.165) is 31.7 Å². The van der Waals surface area contributed by atoms with Gasteiger partial charge in [-0.3, -0.25) is 0 Å². The second-order valence-electron chi connectivity index (χ2n) is 4.66. The van der Waals surface area contributed by atoms with Gasteiger partial charge in [0.25, 0.3) is 0 Å². The highest BCUT2D eigenvalue weighted by molar-refractivity contribution is 5.28. The molecule has 0 unspecified atom stereocenters. The molecule has 98 valence electrons. The van der Waals surface area contributed by atoms with E-state index < -0.39 is 0 Å². The molecule has 0 aliphatic heterocycles. The molecule has 1 aliphatic carbocycles. The minimum Gasteiger partial charge on any atom is -0.495 e. The summed E-state index contributed by atoms with van der Waals surface area (Å²) in [4.78, 5) is 4.51. The number of hydrogen-bond acceptors (Lipinski definition) is 4. The van der Waals surface area contributed by atoms with Crippen molar-refractivity contribution >= 4 is 0 Å². The van der Waals surface area contributed by atoms with Gasteiger partial charge in [-0.25, -0.2) is 0 Å². The first-order valence-corrected chi connectivity index (χ1v) is 6.09. The minimum absolute atomic E-state index is 0.963. The number of nitrogens with one attached hydrogen (secondary N) is 1. The van der Waals surface area contributed by atoms with Gasteiger partial charge in [0.1, 0.15) is 5.76 Å². The van der Waals surface area contributed by atoms with Crippen molar-refractivity contribution in [2.45, 2.75) is 12.8 Å². The van der Waals surface area contributed by atoms with Crippen LogP contribution in [0.15, 0.2) is 23.2 Å². The average molecular weight is 239 g/mol. The molecule has 0 bridgehead atoms. The molecule has 17 heavy (non-hydrogen) atoms. The van der Waals surface area contributed by atoms with Crippen molar-refractivity contribution < 1.29 is 4.74 Å². The van der Waals surface area contributed by atoms with Crippen LogP contribution >= 0.6 is 0 Å². The third kappa shape index (κ3) is 3.97. The van der Waals surface area contributed by atoms with E-state index in [1.165, 1.54) is 11.4 Å². The Morgan fingerprint density at radius 3 is 2.47 bits per heavy atom. The maximum absolute atomic E-state index is 5.40. The molecule has 0 atom stereocenters.